The third-order valence-corrected chi connectivity index (χ3v) is 3.00. The average Bonchev–Trinajstić information content (AvgIpc) is 2.45. The number of aromatic nitrogens is 2. The maximum Gasteiger partial charge on any atom is 0.303 e. The summed E-state index contributed by atoms with van der Waals surface area (Å²) < 4.78 is 1.27. The molecule has 0 spiro atoms. The fourth-order valence-electron chi connectivity index (χ4n) is 1.77. The number of nitrogens with one attached hydrogen (secondary N) is 1. The average molecular weight is 295 g/mol. The molecule has 1 amide bonds. The molecule has 2 N–H and O–H groups in total. The minimum Gasteiger partial charge on any atom is -0.481 e. The van der Waals surface area contributed by atoms with Crippen molar-refractivity contribution in [2.45, 2.75) is 39.7 Å². The maximum absolute atomic E-state index is 11.9. The standard InChI is InChI=1S/C14H21N3O4/c1-3-8-17-12(18)6-5-11(16-17)14(21)15-9-10(2)4-7-13(19)20/h5-6,10H,3-4,7-9H2,1-2H3,(H,15,21)(H,19,20). The van der Waals surface area contributed by atoms with Crippen LogP contribution >= 0.6 is 0 Å². The predicted octanol–water partition coefficient (Wildman–Crippen LogP) is 0.884. The minimum absolute atomic E-state index is 0.0617. The number of carbonyl (C=O) groups is 2. The van der Waals surface area contributed by atoms with Gasteiger partial charge >= 0.3 is 5.97 Å². The van der Waals surface area contributed by atoms with E-state index in [1.54, 1.807) is 0 Å². The highest BCUT2D eigenvalue weighted by molar-refractivity contribution is 5.91. The number of carbonyl (C=O) groups excluding carboxylic acids is 1. The molecule has 0 saturated heterocycles. The van der Waals surface area contributed by atoms with Crippen molar-refractivity contribution in [3.8, 4) is 0 Å². The molecule has 1 atom stereocenters. The Morgan fingerprint density at radius 1 is 1.43 bits per heavy atom. The van der Waals surface area contributed by atoms with E-state index in [0.29, 0.717) is 19.5 Å². The summed E-state index contributed by atoms with van der Waals surface area (Å²) in [6.07, 6.45) is 1.33. The Bertz CT molecular complexity index is 553. The Morgan fingerprint density at radius 3 is 2.76 bits per heavy atom. The van der Waals surface area contributed by atoms with Crippen LogP contribution in [0.2, 0.25) is 0 Å². The van der Waals surface area contributed by atoms with E-state index in [4.69, 9.17) is 5.11 Å². The number of aryl methyl sites for hydroxylation is 1. The van der Waals surface area contributed by atoms with E-state index in [0.717, 1.165) is 6.42 Å². The summed E-state index contributed by atoms with van der Waals surface area (Å²) in [6, 6.07) is 2.72. The number of carboxylic acid groups (broad SMARTS) is 1. The van der Waals surface area contributed by atoms with Crippen molar-refractivity contribution >= 4 is 11.9 Å². The Kier molecular flexibility index (Phi) is 6.58. The Hall–Kier alpha value is -2.18. The van der Waals surface area contributed by atoms with E-state index in [1.807, 2.05) is 13.8 Å². The lowest BCUT2D eigenvalue weighted by molar-refractivity contribution is -0.137. The van der Waals surface area contributed by atoms with Crippen molar-refractivity contribution in [1.29, 1.82) is 0 Å². The van der Waals surface area contributed by atoms with Gasteiger partial charge in [-0.25, -0.2) is 4.68 Å². The highest BCUT2D eigenvalue weighted by atomic mass is 16.4. The van der Waals surface area contributed by atoms with Crippen molar-refractivity contribution in [3.05, 3.63) is 28.2 Å². The zero-order valence-electron chi connectivity index (χ0n) is 12.3. The van der Waals surface area contributed by atoms with Crippen molar-refractivity contribution in [3.63, 3.8) is 0 Å². The Labute approximate surface area is 123 Å². The lowest BCUT2D eigenvalue weighted by Crippen LogP contribution is -2.32. The van der Waals surface area contributed by atoms with Crippen LogP contribution in [0.1, 0.15) is 43.6 Å². The monoisotopic (exact) mass is 295 g/mol. The second kappa shape index (κ2) is 8.18. The first kappa shape index (κ1) is 16.9. The van der Waals surface area contributed by atoms with Gasteiger partial charge in [-0.1, -0.05) is 13.8 Å². The van der Waals surface area contributed by atoms with E-state index >= 15 is 0 Å². The molecule has 0 bridgehead atoms. The van der Waals surface area contributed by atoms with Crippen LogP contribution in [0.25, 0.3) is 0 Å². The molecule has 116 valence electrons. The second-order valence-corrected chi connectivity index (χ2v) is 5.03. The lowest BCUT2D eigenvalue weighted by Gasteiger charge is -2.11. The zero-order valence-corrected chi connectivity index (χ0v) is 12.3. The van der Waals surface area contributed by atoms with Gasteiger partial charge < -0.3 is 10.4 Å². The molecule has 21 heavy (non-hydrogen) atoms. The predicted molar refractivity (Wildman–Crippen MR) is 77.2 cm³/mol. The van der Waals surface area contributed by atoms with Crippen molar-refractivity contribution in [2.75, 3.05) is 6.54 Å². The number of aliphatic carboxylic acids is 1. The Morgan fingerprint density at radius 2 is 2.14 bits per heavy atom. The van der Waals surface area contributed by atoms with Gasteiger partial charge in [0.2, 0.25) is 0 Å². The van der Waals surface area contributed by atoms with E-state index in [1.165, 1.54) is 16.8 Å². The molecule has 0 aliphatic heterocycles. The van der Waals surface area contributed by atoms with Gasteiger partial charge in [-0.3, -0.25) is 14.4 Å². The van der Waals surface area contributed by atoms with Gasteiger partial charge in [-0.05, 0) is 24.8 Å². The van der Waals surface area contributed by atoms with Gasteiger partial charge in [0, 0.05) is 25.6 Å². The number of rotatable bonds is 8. The van der Waals surface area contributed by atoms with Gasteiger partial charge in [0.1, 0.15) is 5.69 Å². The molecule has 1 aromatic heterocycles. The van der Waals surface area contributed by atoms with Gasteiger partial charge in [-0.2, -0.15) is 5.10 Å². The van der Waals surface area contributed by atoms with Crippen LogP contribution in [-0.4, -0.2) is 33.3 Å². The fourth-order valence-corrected chi connectivity index (χ4v) is 1.77. The number of amides is 1. The molecule has 0 radical (unpaired) electrons. The molecule has 1 rings (SSSR count). The summed E-state index contributed by atoms with van der Waals surface area (Å²) in [5.41, 5.74) is -0.0447. The largest absolute Gasteiger partial charge is 0.481 e. The molecule has 1 heterocycles. The topological polar surface area (TPSA) is 101 Å². The highest BCUT2D eigenvalue weighted by Crippen LogP contribution is 2.04. The number of hydrogen-bond acceptors (Lipinski definition) is 4. The smallest absolute Gasteiger partial charge is 0.303 e. The molecule has 0 fully saturated rings. The summed E-state index contributed by atoms with van der Waals surface area (Å²) in [4.78, 5) is 33.9. The molecular weight excluding hydrogens is 274 g/mol. The fraction of sp³-hybridized carbons (Fsp3) is 0.571. The van der Waals surface area contributed by atoms with Gasteiger partial charge in [0.15, 0.2) is 0 Å². The minimum atomic E-state index is -0.846. The molecule has 0 saturated carbocycles. The van der Waals surface area contributed by atoms with Crippen molar-refractivity contribution in [1.82, 2.24) is 15.1 Å². The Balaban J connectivity index is 2.57. The third-order valence-electron chi connectivity index (χ3n) is 3.00. The first-order valence-electron chi connectivity index (χ1n) is 7.02. The zero-order chi connectivity index (χ0) is 15.8. The molecule has 7 nitrogen and oxygen atoms in total. The van der Waals surface area contributed by atoms with Crippen molar-refractivity contribution < 1.29 is 14.7 Å². The van der Waals surface area contributed by atoms with Crippen LogP contribution in [0, 0.1) is 5.92 Å². The van der Waals surface area contributed by atoms with Gasteiger partial charge in [-0.15, -0.1) is 0 Å². The molecule has 0 aliphatic carbocycles. The molecule has 7 heteroatoms. The van der Waals surface area contributed by atoms with Gasteiger partial charge in [0.25, 0.3) is 11.5 Å². The quantitative estimate of drug-likeness (QED) is 0.741. The van der Waals surface area contributed by atoms with Crippen LogP contribution in [-0.2, 0) is 11.3 Å². The molecule has 1 aromatic rings. The third kappa shape index (κ3) is 5.76. The molecule has 1 unspecified atom stereocenters. The summed E-state index contributed by atoms with van der Waals surface area (Å²) >= 11 is 0. The summed E-state index contributed by atoms with van der Waals surface area (Å²) in [5, 5.41) is 15.3. The summed E-state index contributed by atoms with van der Waals surface area (Å²) in [7, 11) is 0. The van der Waals surface area contributed by atoms with Crippen LogP contribution in [0.3, 0.4) is 0 Å². The van der Waals surface area contributed by atoms with Crippen LogP contribution in [0.15, 0.2) is 16.9 Å². The molecule has 0 aromatic carbocycles. The highest BCUT2D eigenvalue weighted by Gasteiger charge is 2.11. The maximum atomic E-state index is 11.9. The number of hydrogen-bond donors (Lipinski definition) is 2. The van der Waals surface area contributed by atoms with Crippen LogP contribution in [0.5, 0.6) is 0 Å². The van der Waals surface area contributed by atoms with E-state index in [2.05, 4.69) is 10.4 Å². The van der Waals surface area contributed by atoms with Crippen LogP contribution in [0.4, 0.5) is 0 Å². The SMILES string of the molecule is CCCn1nc(C(=O)NCC(C)CCC(=O)O)ccc1=O. The summed E-state index contributed by atoms with van der Waals surface area (Å²) in [6.45, 7) is 4.63. The normalized spacial score (nSPS) is 11.9. The first-order valence-corrected chi connectivity index (χ1v) is 7.02. The van der Waals surface area contributed by atoms with E-state index in [-0.39, 0.29) is 29.5 Å². The lowest BCUT2D eigenvalue weighted by atomic mass is 10.1. The van der Waals surface area contributed by atoms with Gasteiger partial charge in [0.05, 0.1) is 0 Å². The summed E-state index contributed by atoms with van der Waals surface area (Å²) in [5.74, 6) is -1.14. The van der Waals surface area contributed by atoms with Crippen LogP contribution < -0.4 is 10.9 Å². The number of nitrogens with zero attached hydrogens (tertiary/aromatic N) is 2. The number of carboxylic acids is 1. The molecular formula is C14H21N3O4. The van der Waals surface area contributed by atoms with E-state index in [9.17, 15) is 14.4 Å². The molecule has 0 aliphatic rings. The second-order valence-electron chi connectivity index (χ2n) is 5.03. The van der Waals surface area contributed by atoms with Crippen molar-refractivity contribution in [2.24, 2.45) is 5.92 Å². The van der Waals surface area contributed by atoms with E-state index < -0.39 is 5.97 Å². The first-order chi connectivity index (χ1) is 9.93.